The summed E-state index contributed by atoms with van der Waals surface area (Å²) in [6.07, 6.45) is -1.31. The molecule has 5 nitrogen and oxygen atoms in total. The van der Waals surface area contributed by atoms with Gasteiger partial charge in [0.05, 0.1) is 18.3 Å². The SMILES string of the molecule is CO[C@H]1CO[C@@]2(CCCN(Cc3sccc3C)C2)C1.O=C(O)C(F)(F)F. The number of thiophene rings is 1. The number of hydrogen-bond acceptors (Lipinski definition) is 5. The minimum absolute atomic E-state index is 0.0596. The van der Waals surface area contributed by atoms with Gasteiger partial charge in [-0.25, -0.2) is 4.79 Å². The van der Waals surface area contributed by atoms with E-state index in [1.165, 1.54) is 29.8 Å². The number of likely N-dealkylation sites (tertiary alicyclic amines) is 1. The molecule has 0 bridgehead atoms. The van der Waals surface area contributed by atoms with Gasteiger partial charge in [-0.05, 0) is 43.3 Å². The second-order valence-electron chi connectivity index (χ2n) is 6.70. The fraction of sp³-hybridized carbons (Fsp3) is 0.706. The Labute approximate surface area is 154 Å². The molecule has 1 aromatic rings. The van der Waals surface area contributed by atoms with E-state index < -0.39 is 12.1 Å². The first-order valence-corrected chi connectivity index (χ1v) is 9.25. The Hall–Kier alpha value is -1.16. The summed E-state index contributed by atoms with van der Waals surface area (Å²) in [5.74, 6) is -2.76. The maximum Gasteiger partial charge on any atom is 0.490 e. The molecule has 0 unspecified atom stereocenters. The van der Waals surface area contributed by atoms with E-state index in [0.717, 1.165) is 26.1 Å². The lowest BCUT2D eigenvalue weighted by atomic mass is 9.89. The summed E-state index contributed by atoms with van der Waals surface area (Å²) in [5, 5.41) is 9.32. The molecule has 148 valence electrons. The van der Waals surface area contributed by atoms with E-state index in [9.17, 15) is 13.2 Å². The van der Waals surface area contributed by atoms with E-state index in [1.807, 2.05) is 11.3 Å². The Balaban J connectivity index is 0.000000298. The number of aryl methyl sites for hydroxylation is 1. The molecule has 26 heavy (non-hydrogen) atoms. The largest absolute Gasteiger partial charge is 0.490 e. The summed E-state index contributed by atoms with van der Waals surface area (Å²) in [6, 6.07) is 2.22. The summed E-state index contributed by atoms with van der Waals surface area (Å²) in [5.41, 5.74) is 1.48. The van der Waals surface area contributed by atoms with Gasteiger partial charge in [0.25, 0.3) is 0 Å². The molecule has 2 aliphatic rings. The Morgan fingerprint density at radius 3 is 2.73 bits per heavy atom. The maximum absolute atomic E-state index is 10.6. The van der Waals surface area contributed by atoms with Crippen molar-refractivity contribution in [2.75, 3.05) is 26.8 Å². The van der Waals surface area contributed by atoms with E-state index in [1.54, 1.807) is 7.11 Å². The summed E-state index contributed by atoms with van der Waals surface area (Å²) >= 11 is 1.87. The quantitative estimate of drug-likeness (QED) is 0.850. The fourth-order valence-corrected chi connectivity index (χ4v) is 4.28. The highest BCUT2D eigenvalue weighted by Gasteiger charge is 2.43. The van der Waals surface area contributed by atoms with Crippen LogP contribution in [0.5, 0.6) is 0 Å². The van der Waals surface area contributed by atoms with Crippen LogP contribution in [0, 0.1) is 6.92 Å². The van der Waals surface area contributed by atoms with E-state index in [-0.39, 0.29) is 5.60 Å². The smallest absolute Gasteiger partial charge is 0.475 e. The number of alkyl halides is 3. The third-order valence-corrected chi connectivity index (χ3v) is 5.71. The van der Waals surface area contributed by atoms with Crippen molar-refractivity contribution in [1.29, 1.82) is 0 Å². The number of halogens is 3. The monoisotopic (exact) mass is 395 g/mol. The topological polar surface area (TPSA) is 59.0 Å². The van der Waals surface area contributed by atoms with Crippen LogP contribution in [0.3, 0.4) is 0 Å². The summed E-state index contributed by atoms with van der Waals surface area (Å²) in [6.45, 7) is 6.30. The molecule has 1 spiro atoms. The Morgan fingerprint density at radius 2 is 2.23 bits per heavy atom. The number of hydrogen-bond donors (Lipinski definition) is 1. The molecule has 2 fully saturated rings. The van der Waals surface area contributed by atoms with Gasteiger partial charge < -0.3 is 14.6 Å². The van der Waals surface area contributed by atoms with Gasteiger partial charge in [0.1, 0.15) is 0 Å². The van der Waals surface area contributed by atoms with Crippen LogP contribution in [-0.4, -0.2) is 60.7 Å². The van der Waals surface area contributed by atoms with Crippen LogP contribution < -0.4 is 0 Å². The predicted octanol–water partition coefficient (Wildman–Crippen LogP) is 3.46. The maximum atomic E-state index is 10.6. The Morgan fingerprint density at radius 1 is 1.54 bits per heavy atom. The standard InChI is InChI=1S/C15H23NO2S.C2HF3O2/c1-12-4-7-19-14(12)9-16-6-3-5-15(11-16)8-13(17-2)10-18-15;3-2(4,5)1(6)7/h4,7,13H,3,5-6,8-11H2,1-2H3;(H,6,7)/t13-,15+;/m1./s1. The third kappa shape index (κ3) is 5.67. The molecule has 2 saturated heterocycles. The molecule has 1 aromatic heterocycles. The van der Waals surface area contributed by atoms with E-state index in [2.05, 4.69) is 23.3 Å². The van der Waals surface area contributed by atoms with E-state index >= 15 is 0 Å². The van der Waals surface area contributed by atoms with Crippen molar-refractivity contribution in [3.8, 4) is 0 Å². The van der Waals surface area contributed by atoms with Crippen LogP contribution in [0.2, 0.25) is 0 Å². The normalized spacial score (nSPS) is 26.6. The summed E-state index contributed by atoms with van der Waals surface area (Å²) in [7, 11) is 1.79. The number of carboxylic acid groups (broad SMARTS) is 1. The first-order chi connectivity index (χ1) is 12.1. The van der Waals surface area contributed by atoms with Gasteiger partial charge in [-0.2, -0.15) is 13.2 Å². The summed E-state index contributed by atoms with van der Waals surface area (Å²) in [4.78, 5) is 13.0. The molecule has 2 atom stereocenters. The molecular formula is C17H24F3NO4S. The molecule has 0 saturated carbocycles. The second-order valence-corrected chi connectivity index (χ2v) is 7.70. The van der Waals surface area contributed by atoms with E-state index in [0.29, 0.717) is 6.10 Å². The highest BCUT2D eigenvalue weighted by Crippen LogP contribution is 2.36. The Kier molecular flexibility index (Phi) is 7.06. The van der Waals surface area contributed by atoms with Crippen molar-refractivity contribution in [3.05, 3.63) is 21.9 Å². The average Bonchev–Trinajstić information content (AvgIpc) is 3.14. The molecule has 1 N–H and O–H groups in total. The van der Waals surface area contributed by atoms with Crippen LogP contribution >= 0.6 is 11.3 Å². The zero-order valence-corrected chi connectivity index (χ0v) is 15.7. The zero-order valence-electron chi connectivity index (χ0n) is 14.8. The first-order valence-electron chi connectivity index (χ1n) is 8.37. The first kappa shape index (κ1) is 21.1. The molecule has 3 heterocycles. The van der Waals surface area contributed by atoms with Crippen LogP contribution in [0.25, 0.3) is 0 Å². The van der Waals surface area contributed by atoms with Crippen molar-refractivity contribution in [2.24, 2.45) is 0 Å². The highest BCUT2D eigenvalue weighted by molar-refractivity contribution is 7.10. The number of aliphatic carboxylic acids is 1. The average molecular weight is 395 g/mol. The number of carbonyl (C=O) groups is 1. The Bertz CT molecular complexity index is 607. The van der Waals surface area contributed by atoms with Crippen LogP contribution in [-0.2, 0) is 20.8 Å². The highest BCUT2D eigenvalue weighted by atomic mass is 32.1. The van der Waals surface area contributed by atoms with Crippen molar-refractivity contribution < 1.29 is 32.5 Å². The number of nitrogens with zero attached hydrogens (tertiary/aromatic N) is 1. The number of ether oxygens (including phenoxy) is 2. The minimum Gasteiger partial charge on any atom is -0.475 e. The van der Waals surface area contributed by atoms with Crippen LogP contribution in [0.15, 0.2) is 11.4 Å². The number of carboxylic acids is 1. The summed E-state index contributed by atoms with van der Waals surface area (Å²) < 4.78 is 43.3. The molecule has 2 aliphatic heterocycles. The lowest BCUT2D eigenvalue weighted by molar-refractivity contribution is -0.192. The molecule has 0 radical (unpaired) electrons. The van der Waals surface area contributed by atoms with Crippen LogP contribution in [0.1, 0.15) is 29.7 Å². The van der Waals surface area contributed by atoms with Crippen molar-refractivity contribution in [2.45, 2.75) is 50.6 Å². The second kappa shape index (κ2) is 8.69. The van der Waals surface area contributed by atoms with Gasteiger partial charge in [-0.15, -0.1) is 11.3 Å². The zero-order chi connectivity index (χ0) is 19.4. The van der Waals surface area contributed by atoms with Gasteiger partial charge in [0.15, 0.2) is 0 Å². The van der Waals surface area contributed by atoms with Crippen molar-refractivity contribution in [3.63, 3.8) is 0 Å². The van der Waals surface area contributed by atoms with Gasteiger partial charge in [0, 0.05) is 31.5 Å². The minimum atomic E-state index is -5.08. The van der Waals surface area contributed by atoms with Crippen LogP contribution in [0.4, 0.5) is 13.2 Å². The fourth-order valence-electron chi connectivity index (χ4n) is 3.33. The van der Waals surface area contributed by atoms with Crippen molar-refractivity contribution in [1.82, 2.24) is 4.90 Å². The molecule has 0 aromatic carbocycles. The number of methoxy groups -OCH3 is 1. The van der Waals surface area contributed by atoms with E-state index in [4.69, 9.17) is 19.4 Å². The molecular weight excluding hydrogens is 371 g/mol. The number of rotatable bonds is 3. The molecule has 0 amide bonds. The molecule has 3 rings (SSSR count). The molecule has 9 heteroatoms. The predicted molar refractivity (Wildman–Crippen MR) is 91.4 cm³/mol. The van der Waals surface area contributed by atoms with Gasteiger partial charge in [-0.1, -0.05) is 0 Å². The third-order valence-electron chi connectivity index (χ3n) is 4.70. The lowest BCUT2D eigenvalue weighted by Crippen LogP contribution is -2.47. The van der Waals surface area contributed by atoms with Gasteiger partial charge >= 0.3 is 12.1 Å². The lowest BCUT2D eigenvalue weighted by Gasteiger charge is -2.39. The van der Waals surface area contributed by atoms with Crippen molar-refractivity contribution >= 4 is 17.3 Å². The number of piperidine rings is 1. The molecule has 0 aliphatic carbocycles. The van der Waals surface area contributed by atoms with Gasteiger partial charge in [0.2, 0.25) is 0 Å². The van der Waals surface area contributed by atoms with Gasteiger partial charge in [-0.3, -0.25) is 4.90 Å².